The number of ether oxygens (including phenoxy) is 1. The van der Waals surface area contributed by atoms with Crippen LogP contribution in [0.25, 0.3) is 0 Å². The van der Waals surface area contributed by atoms with E-state index in [-0.39, 0.29) is 29.1 Å². The molecule has 1 heterocycles. The van der Waals surface area contributed by atoms with E-state index in [1.54, 1.807) is 0 Å². The van der Waals surface area contributed by atoms with Crippen molar-refractivity contribution < 1.29 is 14.0 Å². The lowest BCUT2D eigenvalue weighted by molar-refractivity contribution is -0.140. The first-order valence-electron chi connectivity index (χ1n) is 9.88. The third-order valence-corrected chi connectivity index (χ3v) is 10.5. The number of esters is 1. The van der Waals surface area contributed by atoms with E-state index in [0.29, 0.717) is 12.3 Å². The minimum absolute atomic E-state index is 0.0120. The highest BCUT2D eigenvalue weighted by atomic mass is 28.4. The Bertz CT molecular complexity index is 516. The molecule has 142 valence electrons. The summed E-state index contributed by atoms with van der Waals surface area (Å²) in [5.74, 6) is 0.524. The van der Waals surface area contributed by atoms with Gasteiger partial charge in [0.2, 0.25) is 0 Å². The van der Waals surface area contributed by atoms with Crippen LogP contribution < -0.4 is 0 Å². The lowest BCUT2D eigenvalue weighted by atomic mass is 9.91. The average molecular weight is 365 g/mol. The molecule has 3 nitrogen and oxygen atoms in total. The Hall–Kier alpha value is -0.873. The molecule has 0 N–H and O–H groups in total. The van der Waals surface area contributed by atoms with Gasteiger partial charge in [-0.15, -0.1) is 0 Å². The Morgan fingerprint density at radius 2 is 2.04 bits per heavy atom. The van der Waals surface area contributed by atoms with E-state index in [9.17, 15) is 4.79 Å². The Balaban J connectivity index is 2.02. The number of unbranched alkanes of at least 4 members (excludes halogenated alkanes) is 2. The summed E-state index contributed by atoms with van der Waals surface area (Å²) in [4.78, 5) is 11.5. The normalized spacial score (nSPS) is 27.8. The van der Waals surface area contributed by atoms with Crippen molar-refractivity contribution in [3.05, 3.63) is 24.3 Å². The number of allylic oxidation sites excluding steroid dienone is 2. The van der Waals surface area contributed by atoms with Gasteiger partial charge in [-0.05, 0) is 30.6 Å². The zero-order valence-corrected chi connectivity index (χ0v) is 17.9. The van der Waals surface area contributed by atoms with Gasteiger partial charge in [-0.3, -0.25) is 4.79 Å². The van der Waals surface area contributed by atoms with E-state index in [1.165, 1.54) is 19.3 Å². The first-order chi connectivity index (χ1) is 11.6. The summed E-state index contributed by atoms with van der Waals surface area (Å²) in [5, 5.41) is 0.216. The second-order valence-electron chi connectivity index (χ2n) is 9.08. The van der Waals surface area contributed by atoms with E-state index < -0.39 is 8.32 Å². The molecule has 1 fully saturated rings. The van der Waals surface area contributed by atoms with Gasteiger partial charge in [-0.1, -0.05) is 65.2 Å². The molecule has 4 atom stereocenters. The van der Waals surface area contributed by atoms with E-state index in [4.69, 9.17) is 9.16 Å². The monoisotopic (exact) mass is 364 g/mol. The minimum atomic E-state index is -1.79. The molecule has 0 aromatic rings. The second-order valence-corrected chi connectivity index (χ2v) is 13.8. The van der Waals surface area contributed by atoms with Crippen molar-refractivity contribution in [1.29, 1.82) is 0 Å². The molecule has 25 heavy (non-hydrogen) atoms. The number of fused-ring (bicyclic) bond motifs is 1. The molecule has 1 aliphatic heterocycles. The maximum absolute atomic E-state index is 11.5. The van der Waals surface area contributed by atoms with Gasteiger partial charge in [0.25, 0.3) is 0 Å². The summed E-state index contributed by atoms with van der Waals surface area (Å²) < 4.78 is 12.0. The first-order valence-corrected chi connectivity index (χ1v) is 12.8. The molecule has 0 amide bonds. The summed E-state index contributed by atoms with van der Waals surface area (Å²) in [6.45, 7) is 13.7. The maximum atomic E-state index is 11.5. The molecule has 0 aromatic heterocycles. The highest BCUT2D eigenvalue weighted by Crippen LogP contribution is 2.39. The molecule has 0 radical (unpaired) electrons. The van der Waals surface area contributed by atoms with Gasteiger partial charge >= 0.3 is 5.97 Å². The number of rotatable bonds is 8. The highest BCUT2D eigenvalue weighted by Gasteiger charge is 2.41. The van der Waals surface area contributed by atoms with Crippen LogP contribution in [0.1, 0.15) is 59.8 Å². The van der Waals surface area contributed by atoms with E-state index in [1.807, 2.05) is 6.08 Å². The van der Waals surface area contributed by atoms with E-state index >= 15 is 0 Å². The van der Waals surface area contributed by atoms with Gasteiger partial charge in [-0.25, -0.2) is 0 Å². The van der Waals surface area contributed by atoms with Gasteiger partial charge < -0.3 is 9.16 Å². The lowest BCUT2D eigenvalue weighted by Crippen LogP contribution is -2.43. The topological polar surface area (TPSA) is 35.5 Å². The van der Waals surface area contributed by atoms with Crippen molar-refractivity contribution in [2.45, 2.75) is 90.1 Å². The van der Waals surface area contributed by atoms with Crippen LogP contribution in [0.15, 0.2) is 24.3 Å². The van der Waals surface area contributed by atoms with Crippen molar-refractivity contribution in [3.8, 4) is 0 Å². The standard InChI is InChI=1S/C21H36O3Si/c1-7-8-9-10-17(24-25(5,6)21(2,3)4)13-11-16-12-14-19-18(16)15-20(22)23-19/h11-14,16-19H,7-10,15H2,1-6H3/b13-11+/t16-,17-,18+,19-/m0/s1. The molecule has 2 aliphatic rings. The second kappa shape index (κ2) is 8.21. The van der Waals surface area contributed by atoms with Gasteiger partial charge in [0.15, 0.2) is 8.32 Å². The first kappa shape index (κ1) is 20.4. The van der Waals surface area contributed by atoms with Crippen LogP contribution in [0.2, 0.25) is 18.1 Å². The molecular formula is C21H36O3Si. The quantitative estimate of drug-likeness (QED) is 0.242. The molecule has 0 aromatic carbocycles. The smallest absolute Gasteiger partial charge is 0.306 e. The van der Waals surface area contributed by atoms with Crippen molar-refractivity contribution in [1.82, 2.24) is 0 Å². The molecule has 1 aliphatic carbocycles. The molecule has 2 rings (SSSR count). The third kappa shape index (κ3) is 5.30. The van der Waals surface area contributed by atoms with Crippen molar-refractivity contribution in [3.63, 3.8) is 0 Å². The minimum Gasteiger partial charge on any atom is -0.458 e. The Morgan fingerprint density at radius 3 is 2.68 bits per heavy atom. The van der Waals surface area contributed by atoms with E-state index in [2.05, 4.69) is 59.0 Å². The number of carbonyl (C=O) groups is 1. The van der Waals surface area contributed by atoms with Crippen molar-refractivity contribution in [2.75, 3.05) is 0 Å². The van der Waals surface area contributed by atoms with Crippen LogP contribution >= 0.6 is 0 Å². The number of hydrogen-bond acceptors (Lipinski definition) is 3. The molecule has 0 spiro atoms. The van der Waals surface area contributed by atoms with Crippen molar-refractivity contribution >= 4 is 14.3 Å². The molecule has 1 saturated heterocycles. The van der Waals surface area contributed by atoms with Crippen LogP contribution in [0.3, 0.4) is 0 Å². The van der Waals surface area contributed by atoms with Gasteiger partial charge in [0, 0.05) is 11.8 Å². The molecule has 0 unspecified atom stereocenters. The fourth-order valence-electron chi connectivity index (χ4n) is 3.32. The summed E-state index contributed by atoms with van der Waals surface area (Å²) in [5.41, 5.74) is 0. The zero-order valence-electron chi connectivity index (χ0n) is 16.9. The SMILES string of the molecule is CCCCC[C@@H](/C=C/[C@H]1C=C[C@@H]2OC(=O)C[C@H]12)O[Si](C)(C)C(C)(C)C. The van der Waals surface area contributed by atoms with Crippen LogP contribution in [0.5, 0.6) is 0 Å². The maximum Gasteiger partial charge on any atom is 0.306 e. The Kier molecular flexibility index (Phi) is 6.72. The fraction of sp³-hybridized carbons (Fsp3) is 0.762. The van der Waals surface area contributed by atoms with Gasteiger partial charge in [-0.2, -0.15) is 0 Å². The van der Waals surface area contributed by atoms with Crippen LogP contribution in [-0.4, -0.2) is 26.5 Å². The summed E-state index contributed by atoms with van der Waals surface area (Å²) in [7, 11) is -1.79. The largest absolute Gasteiger partial charge is 0.458 e. The Labute approximate surface area is 155 Å². The van der Waals surface area contributed by atoms with Gasteiger partial charge in [0.05, 0.1) is 12.5 Å². The van der Waals surface area contributed by atoms with E-state index in [0.717, 1.165) is 6.42 Å². The summed E-state index contributed by atoms with van der Waals surface area (Å²) >= 11 is 0. The summed E-state index contributed by atoms with van der Waals surface area (Å²) in [6.07, 6.45) is 14.2. The van der Waals surface area contributed by atoms with Gasteiger partial charge in [0.1, 0.15) is 6.10 Å². The summed E-state index contributed by atoms with van der Waals surface area (Å²) in [6, 6.07) is 0. The molecule has 0 saturated carbocycles. The fourth-order valence-corrected chi connectivity index (χ4v) is 4.62. The third-order valence-electron chi connectivity index (χ3n) is 6.00. The predicted molar refractivity (Wildman–Crippen MR) is 106 cm³/mol. The number of carbonyl (C=O) groups excluding carboxylic acids is 1. The highest BCUT2D eigenvalue weighted by molar-refractivity contribution is 6.74. The lowest BCUT2D eigenvalue weighted by Gasteiger charge is -2.38. The van der Waals surface area contributed by atoms with Crippen LogP contribution in [-0.2, 0) is 14.0 Å². The molecule has 4 heteroatoms. The molecular weight excluding hydrogens is 328 g/mol. The van der Waals surface area contributed by atoms with Crippen molar-refractivity contribution in [2.24, 2.45) is 11.8 Å². The zero-order chi connectivity index (χ0) is 18.7. The number of hydrogen-bond donors (Lipinski definition) is 0. The predicted octanol–water partition coefficient (Wildman–Crippen LogP) is 5.63. The molecule has 0 bridgehead atoms. The Morgan fingerprint density at radius 1 is 1.32 bits per heavy atom. The average Bonchev–Trinajstić information content (AvgIpc) is 3.02. The van der Waals surface area contributed by atoms with Crippen LogP contribution in [0, 0.1) is 11.8 Å². The van der Waals surface area contributed by atoms with Crippen LogP contribution in [0.4, 0.5) is 0 Å².